The third-order valence-corrected chi connectivity index (χ3v) is 26.4. The first-order valence-electron chi connectivity index (χ1n) is 39.9. The fourth-order valence-corrected chi connectivity index (χ4v) is 17.6. The molecular formula is C86H96Cl3IN10O24. The molecule has 0 aliphatic carbocycles. The lowest BCUT2D eigenvalue weighted by atomic mass is 9.76. The number of benzene rings is 7. The van der Waals surface area contributed by atoms with Gasteiger partial charge in [-0.15, -0.1) is 0 Å². The molecule has 8 aliphatic heterocycles. The van der Waals surface area contributed by atoms with Gasteiger partial charge in [0, 0.05) is 57.7 Å². The van der Waals surface area contributed by atoms with Gasteiger partial charge in [0.15, 0.2) is 29.9 Å². The van der Waals surface area contributed by atoms with Gasteiger partial charge in [0.1, 0.15) is 83.4 Å². The molecule has 8 heterocycles. The maximum Gasteiger partial charge on any atom is 0.330 e. The van der Waals surface area contributed by atoms with Crippen LogP contribution in [0.5, 0.6) is 46.0 Å². The summed E-state index contributed by atoms with van der Waals surface area (Å²) in [4.78, 5) is 121. The van der Waals surface area contributed by atoms with Crippen molar-refractivity contribution in [2.45, 2.75) is 204 Å². The van der Waals surface area contributed by atoms with Crippen LogP contribution in [-0.4, -0.2) is 208 Å². The van der Waals surface area contributed by atoms with Crippen LogP contribution in [0.25, 0.3) is 22.3 Å². The number of hydrogen-bond acceptors (Lipinski definition) is 26. The van der Waals surface area contributed by atoms with Crippen LogP contribution in [0.3, 0.4) is 0 Å². The van der Waals surface area contributed by atoms with E-state index in [1.165, 1.54) is 37.4 Å². The molecule has 7 aromatic rings. The Morgan fingerprint density at radius 2 is 1.28 bits per heavy atom. The number of rotatable bonds is 18. The van der Waals surface area contributed by atoms with Crippen molar-refractivity contribution in [1.82, 2.24) is 42.5 Å². The van der Waals surface area contributed by atoms with E-state index in [0.717, 1.165) is 65.2 Å². The highest BCUT2D eigenvalue weighted by Crippen LogP contribution is 2.51. The Bertz CT molecular complexity index is 5240. The monoisotopic (exact) mass is 1880 g/mol. The first-order chi connectivity index (χ1) is 58.7. The Morgan fingerprint density at radius 1 is 0.669 bits per heavy atom. The summed E-state index contributed by atoms with van der Waals surface area (Å²) in [6, 6.07) is 15.8. The summed E-state index contributed by atoms with van der Waals surface area (Å²) in [5.41, 5.74) is 10.9. The molecule has 0 saturated carbocycles. The highest BCUT2D eigenvalue weighted by atomic mass is 127. The minimum absolute atomic E-state index is 0.0695. The van der Waals surface area contributed by atoms with Crippen molar-refractivity contribution in [3.05, 3.63) is 176 Å². The summed E-state index contributed by atoms with van der Waals surface area (Å²) in [6.45, 7) is 9.64. The highest BCUT2D eigenvalue weighted by molar-refractivity contribution is 14.1. The number of carbonyl (C=O) groups is 8. The van der Waals surface area contributed by atoms with E-state index in [9.17, 15) is 60.3 Å². The van der Waals surface area contributed by atoms with Crippen LogP contribution in [0.4, 0.5) is 0 Å². The van der Waals surface area contributed by atoms with Gasteiger partial charge >= 0.3 is 5.97 Å². The Morgan fingerprint density at radius 3 is 1.90 bits per heavy atom. The Balaban J connectivity index is 1.02. The number of phenolic OH excluding ortho intramolecular Hbond substituents is 3. The largest absolute Gasteiger partial charge is 0.508 e. The number of nitrogens with one attached hydrogen (secondary N) is 8. The zero-order valence-corrected chi connectivity index (χ0v) is 72.2. The average molecular weight is 1890 g/mol. The van der Waals surface area contributed by atoms with E-state index in [2.05, 4.69) is 65.1 Å². The second-order valence-electron chi connectivity index (χ2n) is 32.8. The summed E-state index contributed by atoms with van der Waals surface area (Å²) in [5.74, 6) is -16.9. The molecule has 662 valence electrons. The van der Waals surface area contributed by atoms with Crippen LogP contribution in [0, 0.1) is 5.92 Å². The summed E-state index contributed by atoms with van der Waals surface area (Å²) in [5, 5.41) is 127. The molecule has 0 spiro atoms. The maximum absolute atomic E-state index is 16.6. The number of aliphatic carboxylic acids is 1. The molecular weight excluding hydrogens is 1790 g/mol. The van der Waals surface area contributed by atoms with Gasteiger partial charge in [0.2, 0.25) is 53.4 Å². The summed E-state index contributed by atoms with van der Waals surface area (Å²) < 4.78 is 46.5. The average Bonchev–Trinajstić information content (AvgIpc) is 0.754. The van der Waals surface area contributed by atoms with Crippen LogP contribution in [-0.2, 0) is 63.8 Å². The number of hydrogen-bond donors (Lipinski definition) is 19. The fraction of sp³-hybridized carbons (Fsp3) is 0.419. The maximum atomic E-state index is 16.6. The number of aliphatic hydroxyl groups is 5. The number of primary amides is 1. The number of aromatic hydroxyl groups is 3. The number of alkyl halides is 1. The van der Waals surface area contributed by atoms with Crippen molar-refractivity contribution in [3.63, 3.8) is 0 Å². The number of nitrogens with two attached hydrogens (primary N) is 2. The lowest BCUT2D eigenvalue weighted by Gasteiger charge is -2.48. The SMILES string of the molecule is CN[C@H](CC(C)C)C(=O)N[C@H]1C(=O)N[C@@H](CC(N)=O)C(=O)N[C@H]2C(=O)N[C@H]3C(=O)N[C@H](C(=O)N[C@H](C(=O)O)c4cc(O)cc(O)c4-c4cc3ccc4O)[C@H](C3C[C@](C)(N)[C@@H](I)[C@H](C)O3)c3ccc(c(Cl)c3)Oc3cc2cc(c3O[C@@H]2O[C@H](CO)[C@@H](O)[C@H](O)[C@H]2O[C@H]2C[C@](C)(NCc3ccc(-c4ccc(Cl)cc4)cc3)[C@@H](O)[C@H](C)O2)Oc2ccc(cc2Cl)[C@H]1O. The molecule has 8 aliphatic rings. The fourth-order valence-electron chi connectivity index (χ4n) is 16.6. The molecule has 38 heteroatoms. The number of halogens is 4. The number of aliphatic hydroxyl groups excluding tert-OH is 5. The van der Waals surface area contributed by atoms with Crippen LogP contribution in [0.15, 0.2) is 127 Å². The van der Waals surface area contributed by atoms with Crippen molar-refractivity contribution < 1.29 is 117 Å². The van der Waals surface area contributed by atoms with Crippen LogP contribution in [0.1, 0.15) is 131 Å². The standard InChI is InChI=1S/C86H96Cl3IN10O24/c1-35(2)22-51(93-7)77(110)100-69-70(106)43-16-21-56(50(89)25-43)121-58-27-44-26-57(73(58)124-84-74(72(108)71(107)60(34-101)122-84)123-62-32-86(6,76(109)37(4)119-62)94-33-38-8-10-39(11-9-38)40-12-17-45(87)18-13-40)120-55-20-15-41(24-49(55)88)63(59-31-85(5,92)75(90)36(3)118-59)68-81(114)98-67(83(116)117)48-28-46(102)29-54(104)64(48)47-23-42(14-19-53(47)103)65(79(112)99-68)97-80(113)66(44)96-78(111)52(30-61(91)105)95-82(69)115/h8-21,23-29,35-37,51-52,59-60,62-63,65-72,74-76,84,93-94,101-104,106-109H,22,30-34,92H2,1-7H3,(H2,91,105)(H,95,115)(H,96,111)(H,97,113)(H,98,114)(H,99,112)(H,100,110)(H,116,117)/t36-,37-,51+,52-,59?,60+,62-,63-,65+,66+,67-,68-,69+,70+,71+,72-,74+,75-,76-,84-,85-,86-/m0/s1. The zero-order valence-electron chi connectivity index (χ0n) is 67.8. The van der Waals surface area contributed by atoms with E-state index in [1.807, 2.05) is 50.2 Å². The van der Waals surface area contributed by atoms with Gasteiger partial charge in [0.05, 0.1) is 57.5 Å². The molecule has 22 atom stereocenters. The van der Waals surface area contributed by atoms with Gasteiger partial charge in [-0.05, 0) is 159 Å². The molecule has 1 unspecified atom stereocenters. The third kappa shape index (κ3) is 19.7. The molecule has 3 saturated heterocycles. The number of carboxylic acid groups (broad SMARTS) is 1. The Hall–Kier alpha value is -9.78. The summed E-state index contributed by atoms with van der Waals surface area (Å²) in [7, 11) is 1.49. The van der Waals surface area contributed by atoms with Crippen LogP contribution < -0.4 is 68.2 Å². The Kier molecular flexibility index (Phi) is 28.0. The van der Waals surface area contributed by atoms with Crippen molar-refractivity contribution in [2.24, 2.45) is 17.4 Å². The van der Waals surface area contributed by atoms with Crippen LogP contribution >= 0.6 is 57.4 Å². The number of amides is 7. The van der Waals surface area contributed by atoms with Gasteiger partial charge in [-0.25, -0.2) is 4.79 Å². The number of phenols is 3. The lowest BCUT2D eigenvalue weighted by molar-refractivity contribution is -0.334. The number of carbonyl (C=O) groups excluding carboxylic acids is 7. The van der Waals surface area contributed by atoms with E-state index < -0.39 is 248 Å². The minimum Gasteiger partial charge on any atom is -0.508 e. The van der Waals surface area contributed by atoms with Gasteiger partial charge in [-0.1, -0.05) is 126 Å². The van der Waals surface area contributed by atoms with Gasteiger partial charge in [-0.2, -0.15) is 0 Å². The lowest BCUT2D eigenvalue weighted by Crippen LogP contribution is -2.65. The van der Waals surface area contributed by atoms with E-state index in [4.69, 9.17) is 79.4 Å². The van der Waals surface area contributed by atoms with E-state index in [0.29, 0.717) is 5.02 Å². The molecule has 11 bridgehead atoms. The third-order valence-electron chi connectivity index (χ3n) is 23.1. The second kappa shape index (κ2) is 37.8. The molecule has 7 aromatic carbocycles. The summed E-state index contributed by atoms with van der Waals surface area (Å²) >= 11 is 23.1. The topological polar surface area (TPSA) is 532 Å². The smallest absolute Gasteiger partial charge is 0.330 e. The quantitative estimate of drug-likeness (QED) is 0.0345. The first-order valence-corrected chi connectivity index (χ1v) is 42.3. The number of ether oxygens (including phenoxy) is 7. The molecule has 124 heavy (non-hydrogen) atoms. The molecule has 3 fully saturated rings. The summed E-state index contributed by atoms with van der Waals surface area (Å²) in [6.07, 6.45) is -18.5. The zero-order chi connectivity index (χ0) is 89.6. The predicted molar refractivity (Wildman–Crippen MR) is 456 cm³/mol. The molecule has 0 aromatic heterocycles. The number of likely N-dealkylation sites (N-methyl/N-ethyl adjacent to an activating group) is 1. The van der Waals surface area contributed by atoms with Crippen molar-refractivity contribution in [1.29, 1.82) is 0 Å². The van der Waals surface area contributed by atoms with Gasteiger partial charge in [0.25, 0.3) is 0 Å². The molecule has 34 nitrogen and oxygen atoms in total. The van der Waals surface area contributed by atoms with E-state index in [1.54, 1.807) is 39.8 Å². The predicted octanol–water partition coefficient (Wildman–Crippen LogP) is 6.01. The second-order valence-corrected chi connectivity index (χ2v) is 35.3. The van der Waals surface area contributed by atoms with Gasteiger partial charge in [-0.3, -0.25) is 33.6 Å². The number of carboxylic acids is 1. The normalized spacial score (nSPS) is 29.9. The van der Waals surface area contributed by atoms with Crippen molar-refractivity contribution >= 4 is 105 Å². The number of fused-ring (bicyclic) bond motifs is 15. The molecule has 0 radical (unpaired) electrons. The molecule has 21 N–H and O–H groups in total. The Labute approximate surface area is 739 Å². The molecule has 7 amide bonds. The molecule has 15 rings (SSSR count). The first kappa shape index (κ1) is 91.9. The van der Waals surface area contributed by atoms with Crippen molar-refractivity contribution in [3.8, 4) is 68.2 Å². The minimum atomic E-state index is -2.36. The van der Waals surface area contributed by atoms with Crippen molar-refractivity contribution in [2.75, 3.05) is 13.7 Å². The van der Waals surface area contributed by atoms with Gasteiger partial charge < -0.3 is 133 Å². The highest BCUT2D eigenvalue weighted by Gasteiger charge is 2.54. The van der Waals surface area contributed by atoms with Crippen LogP contribution in [0.2, 0.25) is 15.1 Å². The van der Waals surface area contributed by atoms with E-state index >= 15 is 24.0 Å². The van der Waals surface area contributed by atoms with E-state index in [-0.39, 0.29) is 70.0 Å².